The number of carbonyl (C=O) groups is 2. The predicted octanol–water partition coefficient (Wildman–Crippen LogP) is 0.616. The third kappa shape index (κ3) is 4.63. The second-order valence-corrected chi connectivity index (χ2v) is 5.68. The summed E-state index contributed by atoms with van der Waals surface area (Å²) in [5.41, 5.74) is 0.248. The molecule has 0 amide bonds. The average molecular weight is 301 g/mol. The van der Waals surface area contributed by atoms with Crippen molar-refractivity contribution in [3.05, 3.63) is 29.8 Å². The van der Waals surface area contributed by atoms with E-state index in [4.69, 9.17) is 5.11 Å². The van der Waals surface area contributed by atoms with Crippen LogP contribution in [-0.4, -0.2) is 39.1 Å². The van der Waals surface area contributed by atoms with Gasteiger partial charge < -0.3 is 9.84 Å². The van der Waals surface area contributed by atoms with Crippen LogP contribution < -0.4 is 4.72 Å². The lowest BCUT2D eigenvalue weighted by Gasteiger charge is -2.06. The number of carboxylic acids is 1. The Morgan fingerprint density at radius 2 is 1.85 bits per heavy atom. The van der Waals surface area contributed by atoms with Crippen molar-refractivity contribution in [2.75, 3.05) is 13.7 Å². The summed E-state index contributed by atoms with van der Waals surface area (Å²) in [6.45, 7) is 0.0351. The van der Waals surface area contributed by atoms with Crippen LogP contribution in [0.4, 0.5) is 0 Å². The quantitative estimate of drug-likeness (QED) is 0.564. The van der Waals surface area contributed by atoms with Crippen LogP contribution in [0.3, 0.4) is 0 Å². The molecular weight excluding hydrogens is 286 g/mol. The molecule has 7 nitrogen and oxygen atoms in total. The fourth-order valence-electron chi connectivity index (χ4n) is 1.42. The SMILES string of the molecule is COC(=O)c1ccc(S(=O)(=O)NCCCC(=O)O)cc1. The summed E-state index contributed by atoms with van der Waals surface area (Å²) in [4.78, 5) is 21.5. The van der Waals surface area contributed by atoms with E-state index in [0.29, 0.717) is 0 Å². The Hall–Kier alpha value is -1.93. The van der Waals surface area contributed by atoms with E-state index in [1.54, 1.807) is 0 Å². The predicted molar refractivity (Wildman–Crippen MR) is 69.8 cm³/mol. The zero-order chi connectivity index (χ0) is 15.2. The van der Waals surface area contributed by atoms with Crippen molar-refractivity contribution in [3.63, 3.8) is 0 Å². The lowest BCUT2D eigenvalue weighted by molar-refractivity contribution is -0.137. The third-order valence-corrected chi connectivity index (χ3v) is 3.92. The van der Waals surface area contributed by atoms with Gasteiger partial charge in [-0.25, -0.2) is 17.9 Å². The Labute approximate surface area is 116 Å². The maximum atomic E-state index is 11.9. The van der Waals surface area contributed by atoms with Crippen LogP contribution in [-0.2, 0) is 19.6 Å². The monoisotopic (exact) mass is 301 g/mol. The molecule has 110 valence electrons. The number of esters is 1. The van der Waals surface area contributed by atoms with Gasteiger partial charge in [-0.05, 0) is 30.7 Å². The second-order valence-electron chi connectivity index (χ2n) is 3.91. The maximum absolute atomic E-state index is 11.9. The summed E-state index contributed by atoms with van der Waals surface area (Å²) in [7, 11) is -2.47. The molecule has 0 atom stereocenters. The van der Waals surface area contributed by atoms with Crippen LogP contribution >= 0.6 is 0 Å². The van der Waals surface area contributed by atoms with E-state index >= 15 is 0 Å². The van der Waals surface area contributed by atoms with Crippen molar-refractivity contribution in [1.29, 1.82) is 0 Å². The van der Waals surface area contributed by atoms with Crippen molar-refractivity contribution in [3.8, 4) is 0 Å². The Morgan fingerprint density at radius 1 is 1.25 bits per heavy atom. The van der Waals surface area contributed by atoms with E-state index < -0.39 is 22.0 Å². The van der Waals surface area contributed by atoms with E-state index in [0.717, 1.165) is 0 Å². The molecule has 8 heteroatoms. The van der Waals surface area contributed by atoms with Gasteiger partial charge in [0.1, 0.15) is 0 Å². The van der Waals surface area contributed by atoms with Crippen LogP contribution in [0.25, 0.3) is 0 Å². The van der Waals surface area contributed by atoms with Crippen LogP contribution in [0, 0.1) is 0 Å². The van der Waals surface area contributed by atoms with Gasteiger partial charge in [-0.2, -0.15) is 0 Å². The number of carbonyl (C=O) groups excluding carboxylic acids is 1. The number of benzene rings is 1. The Morgan fingerprint density at radius 3 is 2.35 bits per heavy atom. The molecule has 2 N–H and O–H groups in total. The Bertz CT molecular complexity index is 578. The van der Waals surface area contributed by atoms with E-state index in [-0.39, 0.29) is 29.8 Å². The molecule has 1 rings (SSSR count). The molecule has 0 aromatic heterocycles. The first kappa shape index (κ1) is 16.1. The maximum Gasteiger partial charge on any atom is 0.337 e. The molecule has 0 bridgehead atoms. The third-order valence-electron chi connectivity index (χ3n) is 2.45. The highest BCUT2D eigenvalue weighted by Crippen LogP contribution is 2.11. The highest BCUT2D eigenvalue weighted by Gasteiger charge is 2.14. The molecule has 0 fully saturated rings. The summed E-state index contributed by atoms with van der Waals surface area (Å²) >= 11 is 0. The number of hydrogen-bond acceptors (Lipinski definition) is 5. The molecule has 0 aliphatic rings. The minimum Gasteiger partial charge on any atom is -0.481 e. The van der Waals surface area contributed by atoms with Gasteiger partial charge in [0, 0.05) is 13.0 Å². The molecular formula is C12H15NO6S. The lowest BCUT2D eigenvalue weighted by atomic mass is 10.2. The molecule has 1 aromatic carbocycles. The zero-order valence-corrected chi connectivity index (χ0v) is 11.6. The standard InChI is InChI=1S/C12H15NO6S/c1-19-12(16)9-4-6-10(7-5-9)20(17,18)13-8-2-3-11(14)15/h4-7,13H,2-3,8H2,1H3,(H,14,15). The van der Waals surface area contributed by atoms with Gasteiger partial charge >= 0.3 is 11.9 Å². The lowest BCUT2D eigenvalue weighted by Crippen LogP contribution is -2.25. The number of sulfonamides is 1. The first-order chi connectivity index (χ1) is 9.36. The number of aliphatic carboxylic acids is 1. The Balaban J connectivity index is 2.68. The summed E-state index contributed by atoms with van der Waals surface area (Å²) in [5.74, 6) is -1.53. The second kappa shape index (κ2) is 7.01. The van der Waals surface area contributed by atoms with Crippen LogP contribution in [0.5, 0.6) is 0 Å². The van der Waals surface area contributed by atoms with Crippen molar-refractivity contribution < 1.29 is 27.9 Å². The first-order valence-electron chi connectivity index (χ1n) is 5.76. The van der Waals surface area contributed by atoms with Gasteiger partial charge in [0.2, 0.25) is 10.0 Å². The fraction of sp³-hybridized carbons (Fsp3) is 0.333. The molecule has 0 saturated heterocycles. The molecule has 0 radical (unpaired) electrons. The summed E-state index contributed by atoms with van der Waals surface area (Å²) < 4.78 is 30.5. The van der Waals surface area contributed by atoms with Crippen LogP contribution in [0.15, 0.2) is 29.2 Å². The van der Waals surface area contributed by atoms with Gasteiger partial charge in [-0.3, -0.25) is 4.79 Å². The highest BCUT2D eigenvalue weighted by molar-refractivity contribution is 7.89. The van der Waals surface area contributed by atoms with Gasteiger partial charge in [-0.1, -0.05) is 0 Å². The molecule has 0 saturated carbocycles. The van der Waals surface area contributed by atoms with E-state index in [1.165, 1.54) is 31.4 Å². The molecule has 20 heavy (non-hydrogen) atoms. The molecule has 0 aliphatic heterocycles. The summed E-state index contributed by atoms with van der Waals surface area (Å²) in [6.07, 6.45) is 0.0958. The number of hydrogen-bond donors (Lipinski definition) is 2. The molecule has 0 heterocycles. The first-order valence-corrected chi connectivity index (χ1v) is 7.25. The molecule has 0 spiro atoms. The molecule has 1 aromatic rings. The van der Waals surface area contributed by atoms with Gasteiger partial charge in [0.05, 0.1) is 17.6 Å². The highest BCUT2D eigenvalue weighted by atomic mass is 32.2. The largest absolute Gasteiger partial charge is 0.481 e. The summed E-state index contributed by atoms with van der Waals surface area (Å²) in [6, 6.07) is 5.26. The number of methoxy groups -OCH3 is 1. The van der Waals surface area contributed by atoms with Gasteiger partial charge in [0.15, 0.2) is 0 Å². The summed E-state index contributed by atoms with van der Waals surface area (Å²) in [5, 5.41) is 8.44. The molecule has 0 unspecified atom stereocenters. The minimum atomic E-state index is -3.70. The van der Waals surface area contributed by atoms with E-state index in [2.05, 4.69) is 9.46 Å². The normalized spacial score (nSPS) is 11.1. The van der Waals surface area contributed by atoms with Gasteiger partial charge in [0.25, 0.3) is 0 Å². The number of ether oxygens (including phenoxy) is 1. The van der Waals surface area contributed by atoms with Crippen LogP contribution in [0.1, 0.15) is 23.2 Å². The zero-order valence-electron chi connectivity index (χ0n) is 10.8. The van der Waals surface area contributed by atoms with Crippen molar-refractivity contribution >= 4 is 22.0 Å². The van der Waals surface area contributed by atoms with Crippen LogP contribution in [0.2, 0.25) is 0 Å². The van der Waals surface area contributed by atoms with E-state index in [9.17, 15) is 18.0 Å². The minimum absolute atomic E-state index is 0.000443. The van der Waals surface area contributed by atoms with E-state index in [1.807, 2.05) is 0 Å². The Kier molecular flexibility index (Phi) is 5.66. The van der Waals surface area contributed by atoms with Gasteiger partial charge in [-0.15, -0.1) is 0 Å². The average Bonchev–Trinajstić information content (AvgIpc) is 2.43. The fourth-order valence-corrected chi connectivity index (χ4v) is 2.49. The number of carboxylic acid groups (broad SMARTS) is 1. The smallest absolute Gasteiger partial charge is 0.337 e. The van der Waals surface area contributed by atoms with Crippen molar-refractivity contribution in [2.45, 2.75) is 17.7 Å². The molecule has 0 aliphatic carbocycles. The van der Waals surface area contributed by atoms with Crippen molar-refractivity contribution in [2.24, 2.45) is 0 Å². The number of rotatable bonds is 7. The topological polar surface area (TPSA) is 110 Å². The number of nitrogens with one attached hydrogen (secondary N) is 1. The van der Waals surface area contributed by atoms with Crippen molar-refractivity contribution in [1.82, 2.24) is 4.72 Å².